The molecule has 0 bridgehead atoms. The predicted molar refractivity (Wildman–Crippen MR) is 76.6 cm³/mol. The van der Waals surface area contributed by atoms with Crippen molar-refractivity contribution in [2.75, 3.05) is 13.1 Å². The van der Waals surface area contributed by atoms with Gasteiger partial charge in [-0.1, -0.05) is 18.5 Å². The zero-order valence-electron chi connectivity index (χ0n) is 10.6. The molecule has 2 atom stereocenters. The molecule has 0 saturated carbocycles. The number of piperidine rings is 1. The number of nitrogens with one attached hydrogen (secondary N) is 2. The molecule has 1 aromatic rings. The molecular formula is C13H17Cl2FN2O. The first-order valence-corrected chi connectivity index (χ1v) is 6.42. The smallest absolute Gasteiger partial charge is 0.253 e. The van der Waals surface area contributed by atoms with Crippen LogP contribution in [0, 0.1) is 11.7 Å². The lowest BCUT2D eigenvalue weighted by atomic mass is 9.94. The van der Waals surface area contributed by atoms with E-state index >= 15 is 0 Å². The minimum atomic E-state index is -0.441. The molecule has 0 aromatic heterocycles. The Balaban J connectivity index is 0.00000180. The summed E-state index contributed by atoms with van der Waals surface area (Å²) in [5.74, 6) is -0.265. The third-order valence-electron chi connectivity index (χ3n) is 3.32. The van der Waals surface area contributed by atoms with Gasteiger partial charge >= 0.3 is 0 Å². The molecular weight excluding hydrogens is 290 g/mol. The third-order valence-corrected chi connectivity index (χ3v) is 3.63. The SMILES string of the molecule is CC1CCNCC1NC(=O)c1ccc(F)cc1Cl.Cl. The van der Waals surface area contributed by atoms with Gasteiger partial charge in [0, 0.05) is 12.6 Å². The van der Waals surface area contributed by atoms with Gasteiger partial charge < -0.3 is 10.6 Å². The predicted octanol–water partition coefficient (Wildman–Crippen LogP) is 2.63. The molecule has 2 unspecified atom stereocenters. The second kappa shape index (κ2) is 7.08. The van der Waals surface area contributed by atoms with Crippen molar-refractivity contribution in [3.63, 3.8) is 0 Å². The Hall–Kier alpha value is -0.840. The quantitative estimate of drug-likeness (QED) is 0.882. The molecule has 1 fully saturated rings. The summed E-state index contributed by atoms with van der Waals surface area (Å²) in [7, 11) is 0. The van der Waals surface area contributed by atoms with Crippen LogP contribution in [0.1, 0.15) is 23.7 Å². The summed E-state index contributed by atoms with van der Waals surface area (Å²) in [6.07, 6.45) is 1.03. The topological polar surface area (TPSA) is 41.1 Å². The van der Waals surface area contributed by atoms with Crippen molar-refractivity contribution in [3.8, 4) is 0 Å². The maximum atomic E-state index is 12.9. The van der Waals surface area contributed by atoms with Gasteiger partial charge in [0.25, 0.3) is 5.91 Å². The fourth-order valence-corrected chi connectivity index (χ4v) is 2.36. The van der Waals surface area contributed by atoms with Gasteiger partial charge in [0.05, 0.1) is 10.6 Å². The number of halogens is 3. The molecule has 0 spiro atoms. The second-order valence-corrected chi connectivity index (χ2v) is 5.08. The standard InChI is InChI=1S/C13H16ClFN2O.ClH/c1-8-4-5-16-7-12(8)17-13(18)10-3-2-9(15)6-11(10)14;/h2-3,6,8,12,16H,4-5,7H2,1H3,(H,17,18);1H. The Bertz CT molecular complexity index is 456. The number of carbonyl (C=O) groups is 1. The van der Waals surface area contributed by atoms with Gasteiger partial charge in [-0.05, 0) is 37.1 Å². The van der Waals surface area contributed by atoms with Crippen molar-refractivity contribution in [2.24, 2.45) is 5.92 Å². The second-order valence-electron chi connectivity index (χ2n) is 4.67. The van der Waals surface area contributed by atoms with Crippen molar-refractivity contribution in [3.05, 3.63) is 34.6 Å². The molecule has 1 aromatic carbocycles. The lowest BCUT2D eigenvalue weighted by molar-refractivity contribution is 0.0915. The number of rotatable bonds is 2. The highest BCUT2D eigenvalue weighted by molar-refractivity contribution is 6.33. The van der Waals surface area contributed by atoms with Crippen molar-refractivity contribution in [1.82, 2.24) is 10.6 Å². The van der Waals surface area contributed by atoms with E-state index in [0.717, 1.165) is 25.6 Å². The highest BCUT2D eigenvalue weighted by atomic mass is 35.5. The first-order valence-electron chi connectivity index (χ1n) is 6.04. The fraction of sp³-hybridized carbons (Fsp3) is 0.462. The molecule has 6 heteroatoms. The molecule has 0 aliphatic carbocycles. The molecule has 3 nitrogen and oxygen atoms in total. The molecule has 1 aliphatic rings. The molecule has 1 amide bonds. The number of hydrogen-bond donors (Lipinski definition) is 2. The number of benzene rings is 1. The van der Waals surface area contributed by atoms with E-state index in [9.17, 15) is 9.18 Å². The van der Waals surface area contributed by atoms with Gasteiger partial charge in [-0.25, -0.2) is 4.39 Å². The average Bonchev–Trinajstić information content (AvgIpc) is 2.32. The Labute approximate surface area is 123 Å². The summed E-state index contributed by atoms with van der Waals surface area (Å²) in [6, 6.07) is 3.89. The highest BCUT2D eigenvalue weighted by Gasteiger charge is 2.23. The van der Waals surface area contributed by atoms with Gasteiger partial charge in [0.1, 0.15) is 5.82 Å². The Morgan fingerprint density at radius 3 is 2.89 bits per heavy atom. The molecule has 1 aliphatic heterocycles. The number of hydrogen-bond acceptors (Lipinski definition) is 2. The van der Waals surface area contributed by atoms with Crippen LogP contribution in [0.4, 0.5) is 4.39 Å². The third kappa shape index (κ3) is 4.06. The summed E-state index contributed by atoms with van der Waals surface area (Å²) < 4.78 is 12.9. The Morgan fingerprint density at radius 1 is 1.53 bits per heavy atom. The molecule has 2 rings (SSSR count). The van der Waals surface area contributed by atoms with Crippen LogP contribution < -0.4 is 10.6 Å². The van der Waals surface area contributed by atoms with Crippen molar-refractivity contribution in [1.29, 1.82) is 0 Å². The van der Waals surface area contributed by atoms with Gasteiger partial charge in [-0.2, -0.15) is 0 Å². The van der Waals surface area contributed by atoms with E-state index in [1.54, 1.807) is 0 Å². The monoisotopic (exact) mass is 306 g/mol. The van der Waals surface area contributed by atoms with Crippen LogP contribution in [0.15, 0.2) is 18.2 Å². The van der Waals surface area contributed by atoms with Crippen LogP contribution in [-0.4, -0.2) is 25.0 Å². The lowest BCUT2D eigenvalue weighted by Gasteiger charge is -2.30. The highest BCUT2D eigenvalue weighted by Crippen LogP contribution is 2.18. The summed E-state index contributed by atoms with van der Waals surface area (Å²) in [5.41, 5.74) is 0.316. The average molecular weight is 307 g/mol. The van der Waals surface area contributed by atoms with E-state index in [2.05, 4.69) is 17.6 Å². The summed E-state index contributed by atoms with van der Waals surface area (Å²) >= 11 is 5.86. The van der Waals surface area contributed by atoms with E-state index in [0.29, 0.717) is 11.5 Å². The van der Waals surface area contributed by atoms with E-state index in [-0.39, 0.29) is 29.4 Å². The first-order chi connectivity index (χ1) is 8.58. The van der Waals surface area contributed by atoms with Gasteiger partial charge in [0.2, 0.25) is 0 Å². The maximum absolute atomic E-state index is 12.9. The normalized spacial score (nSPS) is 22.5. The Morgan fingerprint density at radius 2 is 2.26 bits per heavy atom. The van der Waals surface area contributed by atoms with Gasteiger partial charge in [-0.15, -0.1) is 12.4 Å². The van der Waals surface area contributed by atoms with E-state index in [1.165, 1.54) is 12.1 Å². The summed E-state index contributed by atoms with van der Waals surface area (Å²) in [4.78, 5) is 12.0. The van der Waals surface area contributed by atoms with Crippen molar-refractivity contribution < 1.29 is 9.18 Å². The van der Waals surface area contributed by atoms with Crippen LogP contribution >= 0.6 is 24.0 Å². The zero-order chi connectivity index (χ0) is 13.1. The number of carbonyl (C=O) groups excluding carboxylic acids is 1. The minimum absolute atomic E-state index is 0. The van der Waals surface area contributed by atoms with Crippen LogP contribution in [-0.2, 0) is 0 Å². The fourth-order valence-electron chi connectivity index (χ4n) is 2.10. The summed E-state index contributed by atoms with van der Waals surface area (Å²) in [6.45, 7) is 3.84. The van der Waals surface area contributed by atoms with Crippen LogP contribution in [0.2, 0.25) is 5.02 Å². The van der Waals surface area contributed by atoms with Crippen molar-refractivity contribution in [2.45, 2.75) is 19.4 Å². The molecule has 1 saturated heterocycles. The zero-order valence-corrected chi connectivity index (χ0v) is 12.2. The van der Waals surface area contributed by atoms with E-state index in [1.807, 2.05) is 0 Å². The van der Waals surface area contributed by atoms with E-state index < -0.39 is 5.82 Å². The summed E-state index contributed by atoms with van der Waals surface area (Å²) in [5, 5.41) is 6.32. The lowest BCUT2D eigenvalue weighted by Crippen LogP contribution is -2.50. The van der Waals surface area contributed by atoms with Gasteiger partial charge in [0.15, 0.2) is 0 Å². The van der Waals surface area contributed by atoms with Crippen LogP contribution in [0.3, 0.4) is 0 Å². The molecule has 0 radical (unpaired) electrons. The molecule has 1 heterocycles. The van der Waals surface area contributed by atoms with E-state index in [4.69, 9.17) is 11.6 Å². The molecule has 106 valence electrons. The molecule has 2 N–H and O–H groups in total. The maximum Gasteiger partial charge on any atom is 0.253 e. The van der Waals surface area contributed by atoms with Crippen molar-refractivity contribution >= 4 is 29.9 Å². The first kappa shape index (κ1) is 16.2. The Kier molecular flexibility index (Phi) is 6.04. The van der Waals surface area contributed by atoms with Crippen LogP contribution in [0.25, 0.3) is 0 Å². The van der Waals surface area contributed by atoms with Gasteiger partial charge in [-0.3, -0.25) is 4.79 Å². The van der Waals surface area contributed by atoms with Crippen LogP contribution in [0.5, 0.6) is 0 Å². The number of amides is 1. The minimum Gasteiger partial charge on any atom is -0.348 e. The molecule has 19 heavy (non-hydrogen) atoms. The largest absolute Gasteiger partial charge is 0.348 e.